The molecule has 2 rings (SSSR count). The molecule has 1 unspecified atom stereocenters. The Kier molecular flexibility index (Phi) is 5.95. The lowest BCUT2D eigenvalue weighted by molar-refractivity contribution is -0.131. The summed E-state index contributed by atoms with van der Waals surface area (Å²) in [5, 5.41) is 5.34. The van der Waals surface area contributed by atoms with Crippen molar-refractivity contribution in [1.82, 2.24) is 10.2 Å². The van der Waals surface area contributed by atoms with Crippen LogP contribution in [0.25, 0.3) is 0 Å². The minimum Gasteiger partial charge on any atom is -0.341 e. The highest BCUT2D eigenvalue weighted by atomic mass is 35.5. The maximum Gasteiger partial charge on any atom is 0.222 e. The number of hydrogen-bond acceptors (Lipinski definition) is 3. The summed E-state index contributed by atoms with van der Waals surface area (Å²) in [5.41, 5.74) is 0. The van der Waals surface area contributed by atoms with E-state index in [2.05, 4.69) is 16.8 Å². The number of halogens is 1. The molecule has 1 fully saturated rings. The molecule has 3 nitrogen and oxygen atoms in total. The summed E-state index contributed by atoms with van der Waals surface area (Å²) in [6.45, 7) is 2.81. The summed E-state index contributed by atoms with van der Waals surface area (Å²) in [5.74, 6) is 0.806. The zero-order valence-corrected chi connectivity index (χ0v) is 11.6. The molecule has 1 saturated heterocycles. The van der Waals surface area contributed by atoms with Crippen LogP contribution in [0.4, 0.5) is 0 Å². The molecule has 1 aliphatic heterocycles. The zero-order valence-electron chi connectivity index (χ0n) is 10.0. The molecular formula is C12H19ClN2OS. The molecule has 1 atom stereocenters. The summed E-state index contributed by atoms with van der Waals surface area (Å²) in [6, 6.07) is 4.10. The van der Waals surface area contributed by atoms with Crippen molar-refractivity contribution in [3.05, 3.63) is 22.4 Å². The fraction of sp³-hybridized carbons (Fsp3) is 0.583. The number of carbonyl (C=O) groups excluding carboxylic acids is 1. The molecule has 0 radical (unpaired) electrons. The van der Waals surface area contributed by atoms with Gasteiger partial charge in [-0.2, -0.15) is 0 Å². The van der Waals surface area contributed by atoms with E-state index in [0.717, 1.165) is 26.1 Å². The Morgan fingerprint density at radius 3 is 3.06 bits per heavy atom. The minimum absolute atomic E-state index is 0. The van der Waals surface area contributed by atoms with Gasteiger partial charge in [-0.25, -0.2) is 0 Å². The number of nitrogens with zero attached hydrogens (tertiary/aromatic N) is 1. The van der Waals surface area contributed by atoms with Crippen molar-refractivity contribution in [2.24, 2.45) is 5.92 Å². The van der Waals surface area contributed by atoms with E-state index in [4.69, 9.17) is 0 Å². The molecule has 0 bridgehead atoms. The molecule has 1 aromatic rings. The van der Waals surface area contributed by atoms with Gasteiger partial charge in [0, 0.05) is 18.3 Å². The second kappa shape index (κ2) is 6.99. The van der Waals surface area contributed by atoms with E-state index in [9.17, 15) is 4.79 Å². The molecule has 1 aromatic heterocycles. The summed E-state index contributed by atoms with van der Waals surface area (Å²) >= 11 is 1.71. The normalized spacial score (nSPS) is 18.8. The van der Waals surface area contributed by atoms with E-state index in [1.165, 1.54) is 4.88 Å². The first-order valence-corrected chi connectivity index (χ1v) is 6.60. The van der Waals surface area contributed by atoms with Crippen molar-refractivity contribution in [2.45, 2.75) is 19.4 Å². The molecule has 1 aliphatic rings. The van der Waals surface area contributed by atoms with Gasteiger partial charge < -0.3 is 10.2 Å². The average molecular weight is 275 g/mol. The maximum atomic E-state index is 11.9. The molecule has 1 amide bonds. The number of hydrogen-bond donors (Lipinski definition) is 1. The molecule has 1 N–H and O–H groups in total. The highest BCUT2D eigenvalue weighted by molar-refractivity contribution is 7.09. The Bertz CT molecular complexity index is 336. The molecule has 17 heavy (non-hydrogen) atoms. The first-order valence-electron chi connectivity index (χ1n) is 5.73. The molecule has 96 valence electrons. The summed E-state index contributed by atoms with van der Waals surface area (Å²) in [7, 11) is 1.89. The lowest BCUT2D eigenvalue weighted by Crippen LogP contribution is -2.28. The number of thiophene rings is 1. The molecule has 0 aromatic carbocycles. The fourth-order valence-electron chi connectivity index (χ4n) is 2.02. The molecular weight excluding hydrogens is 256 g/mol. The van der Waals surface area contributed by atoms with Gasteiger partial charge in [0.25, 0.3) is 0 Å². The standard InChI is InChI=1S/C12H18N2OS.ClH/c1-14(9-11-3-2-6-16-11)12(15)7-10-4-5-13-8-10;/h2-3,6,10,13H,4-5,7-9H2,1H3;1H. The first-order chi connectivity index (χ1) is 7.75. The van der Waals surface area contributed by atoms with Crippen LogP contribution in [0.2, 0.25) is 0 Å². The van der Waals surface area contributed by atoms with Crippen LogP contribution in [-0.4, -0.2) is 30.9 Å². The highest BCUT2D eigenvalue weighted by Crippen LogP contribution is 2.16. The van der Waals surface area contributed by atoms with Gasteiger partial charge in [0.05, 0.1) is 6.54 Å². The monoisotopic (exact) mass is 274 g/mol. The van der Waals surface area contributed by atoms with Crippen molar-refractivity contribution in [3.63, 3.8) is 0 Å². The van der Waals surface area contributed by atoms with Crippen molar-refractivity contribution >= 4 is 29.7 Å². The van der Waals surface area contributed by atoms with Crippen LogP contribution in [0, 0.1) is 5.92 Å². The highest BCUT2D eigenvalue weighted by Gasteiger charge is 2.20. The van der Waals surface area contributed by atoms with Gasteiger partial charge in [-0.3, -0.25) is 4.79 Å². The maximum absolute atomic E-state index is 11.9. The number of carbonyl (C=O) groups is 1. The van der Waals surface area contributed by atoms with Crippen LogP contribution in [-0.2, 0) is 11.3 Å². The summed E-state index contributed by atoms with van der Waals surface area (Å²) in [4.78, 5) is 15.0. The molecule has 2 heterocycles. The van der Waals surface area contributed by atoms with Crippen LogP contribution >= 0.6 is 23.7 Å². The Hall–Kier alpha value is -0.580. The zero-order chi connectivity index (χ0) is 11.4. The number of nitrogens with one attached hydrogen (secondary N) is 1. The Morgan fingerprint density at radius 2 is 2.47 bits per heavy atom. The van der Waals surface area contributed by atoms with Gasteiger partial charge in [-0.1, -0.05) is 6.07 Å². The van der Waals surface area contributed by atoms with E-state index in [0.29, 0.717) is 12.3 Å². The van der Waals surface area contributed by atoms with Gasteiger partial charge >= 0.3 is 0 Å². The van der Waals surface area contributed by atoms with Gasteiger partial charge in [0.2, 0.25) is 5.91 Å². The van der Waals surface area contributed by atoms with Crippen molar-refractivity contribution < 1.29 is 4.79 Å². The number of rotatable bonds is 4. The van der Waals surface area contributed by atoms with E-state index in [-0.39, 0.29) is 18.3 Å². The van der Waals surface area contributed by atoms with Crippen LogP contribution in [0.3, 0.4) is 0 Å². The van der Waals surface area contributed by atoms with Gasteiger partial charge in [-0.15, -0.1) is 23.7 Å². The minimum atomic E-state index is 0. The van der Waals surface area contributed by atoms with Crippen molar-refractivity contribution in [2.75, 3.05) is 20.1 Å². The Labute approximate surface area is 113 Å². The van der Waals surface area contributed by atoms with E-state index in [1.54, 1.807) is 11.3 Å². The van der Waals surface area contributed by atoms with Crippen LogP contribution in [0.5, 0.6) is 0 Å². The number of amides is 1. The molecule has 0 saturated carbocycles. The van der Waals surface area contributed by atoms with Crippen LogP contribution < -0.4 is 5.32 Å². The van der Waals surface area contributed by atoms with E-state index >= 15 is 0 Å². The van der Waals surface area contributed by atoms with E-state index < -0.39 is 0 Å². The topological polar surface area (TPSA) is 32.3 Å². The largest absolute Gasteiger partial charge is 0.341 e. The Balaban J connectivity index is 0.00000144. The van der Waals surface area contributed by atoms with Crippen LogP contribution in [0.15, 0.2) is 17.5 Å². The predicted octanol–water partition coefficient (Wildman–Crippen LogP) is 2.13. The third kappa shape index (κ3) is 4.30. The quantitative estimate of drug-likeness (QED) is 0.912. The smallest absolute Gasteiger partial charge is 0.222 e. The van der Waals surface area contributed by atoms with Crippen molar-refractivity contribution in [3.8, 4) is 0 Å². The third-order valence-corrected chi connectivity index (χ3v) is 3.89. The summed E-state index contributed by atoms with van der Waals surface area (Å²) < 4.78 is 0. The summed E-state index contributed by atoms with van der Waals surface area (Å²) in [6.07, 6.45) is 1.83. The second-order valence-corrected chi connectivity index (χ2v) is 5.42. The van der Waals surface area contributed by atoms with Gasteiger partial charge in [-0.05, 0) is 36.9 Å². The Morgan fingerprint density at radius 1 is 1.65 bits per heavy atom. The lowest BCUT2D eigenvalue weighted by Gasteiger charge is -2.18. The predicted molar refractivity (Wildman–Crippen MR) is 73.6 cm³/mol. The van der Waals surface area contributed by atoms with Crippen molar-refractivity contribution in [1.29, 1.82) is 0 Å². The van der Waals surface area contributed by atoms with Gasteiger partial charge in [0.1, 0.15) is 0 Å². The fourth-order valence-corrected chi connectivity index (χ4v) is 2.77. The average Bonchev–Trinajstić information content (AvgIpc) is 2.90. The van der Waals surface area contributed by atoms with Gasteiger partial charge in [0.15, 0.2) is 0 Å². The van der Waals surface area contributed by atoms with Crippen LogP contribution in [0.1, 0.15) is 17.7 Å². The molecule has 5 heteroatoms. The third-order valence-electron chi connectivity index (χ3n) is 3.02. The first kappa shape index (κ1) is 14.5. The van der Waals surface area contributed by atoms with E-state index in [1.807, 2.05) is 18.0 Å². The lowest BCUT2D eigenvalue weighted by atomic mass is 10.0. The SMILES string of the molecule is CN(Cc1cccs1)C(=O)CC1CCNC1.Cl. The second-order valence-electron chi connectivity index (χ2n) is 4.39. The molecule has 0 spiro atoms. The molecule has 0 aliphatic carbocycles.